The molecule has 0 atom stereocenters. The van der Waals surface area contributed by atoms with E-state index in [1.807, 2.05) is 25.1 Å². The summed E-state index contributed by atoms with van der Waals surface area (Å²) in [6.07, 6.45) is 0. The molecule has 2 N–H and O–H groups in total. The molecule has 0 amide bonds. The Morgan fingerprint density at radius 1 is 1.55 bits per heavy atom. The summed E-state index contributed by atoms with van der Waals surface area (Å²) < 4.78 is 1.04. The summed E-state index contributed by atoms with van der Waals surface area (Å²) in [5, 5.41) is 0. The molecular formula is C8H10BrNO. The van der Waals surface area contributed by atoms with Crippen molar-refractivity contribution in [2.45, 2.75) is 13.5 Å². The Bertz CT molecular complexity index is 250. The zero-order valence-electron chi connectivity index (χ0n) is 6.30. The zero-order chi connectivity index (χ0) is 8.27. The van der Waals surface area contributed by atoms with E-state index in [1.165, 1.54) is 5.56 Å². The SMILES string of the molecule is Cc1ccc(CON)c(Br)c1. The van der Waals surface area contributed by atoms with Crippen LogP contribution in [0.5, 0.6) is 0 Å². The summed E-state index contributed by atoms with van der Waals surface area (Å²) >= 11 is 3.41. The maximum Gasteiger partial charge on any atom is 0.0940 e. The van der Waals surface area contributed by atoms with Gasteiger partial charge in [-0.2, -0.15) is 0 Å². The van der Waals surface area contributed by atoms with Crippen molar-refractivity contribution < 1.29 is 4.84 Å². The van der Waals surface area contributed by atoms with Gasteiger partial charge in [-0.3, -0.25) is 4.84 Å². The van der Waals surface area contributed by atoms with Crippen molar-refractivity contribution >= 4 is 15.9 Å². The predicted octanol–water partition coefficient (Wildman–Crippen LogP) is 2.15. The molecule has 0 spiro atoms. The first-order valence-electron chi connectivity index (χ1n) is 3.30. The van der Waals surface area contributed by atoms with Crippen LogP contribution in [0.4, 0.5) is 0 Å². The third-order valence-corrected chi connectivity index (χ3v) is 2.19. The molecule has 1 rings (SSSR count). The van der Waals surface area contributed by atoms with E-state index < -0.39 is 0 Å². The minimum absolute atomic E-state index is 0.445. The molecule has 2 nitrogen and oxygen atoms in total. The van der Waals surface area contributed by atoms with Crippen LogP contribution in [0.1, 0.15) is 11.1 Å². The van der Waals surface area contributed by atoms with Crippen LogP contribution in [0.3, 0.4) is 0 Å². The van der Waals surface area contributed by atoms with E-state index in [1.54, 1.807) is 0 Å². The molecule has 0 unspecified atom stereocenters. The Kier molecular flexibility index (Phi) is 3.05. The molecule has 0 aliphatic carbocycles. The van der Waals surface area contributed by atoms with Gasteiger partial charge in [0.1, 0.15) is 0 Å². The fraction of sp³-hybridized carbons (Fsp3) is 0.250. The molecule has 11 heavy (non-hydrogen) atoms. The molecule has 0 radical (unpaired) electrons. The van der Waals surface area contributed by atoms with Crippen LogP contribution in [0.15, 0.2) is 22.7 Å². The molecule has 0 aromatic heterocycles. The number of aryl methyl sites for hydroxylation is 1. The lowest BCUT2D eigenvalue weighted by atomic mass is 10.2. The highest BCUT2D eigenvalue weighted by Crippen LogP contribution is 2.18. The van der Waals surface area contributed by atoms with Gasteiger partial charge in [-0.15, -0.1) is 0 Å². The second-order valence-electron chi connectivity index (χ2n) is 2.41. The van der Waals surface area contributed by atoms with Crippen molar-refractivity contribution in [2.24, 2.45) is 5.90 Å². The Morgan fingerprint density at radius 3 is 2.82 bits per heavy atom. The van der Waals surface area contributed by atoms with Crippen LogP contribution in [0, 0.1) is 6.92 Å². The highest BCUT2D eigenvalue weighted by Gasteiger charge is 1.97. The average Bonchev–Trinajstić information content (AvgIpc) is 1.95. The monoisotopic (exact) mass is 215 g/mol. The van der Waals surface area contributed by atoms with Gasteiger partial charge in [0.15, 0.2) is 0 Å². The molecule has 1 aromatic rings. The van der Waals surface area contributed by atoms with Crippen LogP contribution >= 0.6 is 15.9 Å². The minimum Gasteiger partial charge on any atom is -0.300 e. The van der Waals surface area contributed by atoms with E-state index in [-0.39, 0.29) is 0 Å². The molecule has 3 heteroatoms. The molecule has 0 saturated heterocycles. The normalized spacial score (nSPS) is 10.1. The van der Waals surface area contributed by atoms with Crippen molar-refractivity contribution in [3.05, 3.63) is 33.8 Å². The first-order chi connectivity index (χ1) is 5.24. The highest BCUT2D eigenvalue weighted by atomic mass is 79.9. The Labute approximate surface area is 74.4 Å². The molecule has 0 saturated carbocycles. The fourth-order valence-corrected chi connectivity index (χ4v) is 1.47. The average molecular weight is 216 g/mol. The van der Waals surface area contributed by atoms with Crippen molar-refractivity contribution in [3.8, 4) is 0 Å². The second-order valence-corrected chi connectivity index (χ2v) is 3.26. The molecule has 0 aliphatic heterocycles. The van der Waals surface area contributed by atoms with E-state index in [0.29, 0.717) is 6.61 Å². The van der Waals surface area contributed by atoms with Crippen molar-refractivity contribution in [1.29, 1.82) is 0 Å². The lowest BCUT2D eigenvalue weighted by molar-refractivity contribution is 0.123. The molecule has 1 aromatic carbocycles. The van der Waals surface area contributed by atoms with E-state index in [2.05, 4.69) is 20.8 Å². The minimum atomic E-state index is 0.445. The van der Waals surface area contributed by atoms with Crippen LogP contribution < -0.4 is 5.90 Å². The van der Waals surface area contributed by atoms with Gasteiger partial charge in [-0.1, -0.05) is 28.1 Å². The molecule has 0 bridgehead atoms. The Balaban J connectivity index is 2.90. The Hall–Kier alpha value is -0.380. The van der Waals surface area contributed by atoms with Crippen molar-refractivity contribution in [2.75, 3.05) is 0 Å². The number of halogens is 1. The quantitative estimate of drug-likeness (QED) is 0.768. The van der Waals surface area contributed by atoms with Gasteiger partial charge in [0, 0.05) is 4.47 Å². The predicted molar refractivity (Wildman–Crippen MR) is 47.9 cm³/mol. The standard InChI is InChI=1S/C8H10BrNO/c1-6-2-3-7(5-11-10)8(9)4-6/h2-4H,5,10H2,1H3. The van der Waals surface area contributed by atoms with Gasteiger partial charge in [0.2, 0.25) is 0 Å². The number of rotatable bonds is 2. The number of benzene rings is 1. The van der Waals surface area contributed by atoms with Crippen molar-refractivity contribution in [3.63, 3.8) is 0 Å². The lowest BCUT2D eigenvalue weighted by Gasteiger charge is -2.02. The van der Waals surface area contributed by atoms with E-state index in [4.69, 9.17) is 5.90 Å². The van der Waals surface area contributed by atoms with Gasteiger partial charge < -0.3 is 0 Å². The summed E-state index contributed by atoms with van der Waals surface area (Å²) in [5.74, 6) is 4.95. The van der Waals surface area contributed by atoms with Gasteiger partial charge in [-0.25, -0.2) is 5.90 Å². The smallest absolute Gasteiger partial charge is 0.0940 e. The van der Waals surface area contributed by atoms with E-state index in [0.717, 1.165) is 10.0 Å². The summed E-state index contributed by atoms with van der Waals surface area (Å²) in [4.78, 5) is 4.52. The number of hydrogen-bond donors (Lipinski definition) is 1. The molecular weight excluding hydrogens is 206 g/mol. The molecule has 0 aliphatic rings. The summed E-state index contributed by atoms with van der Waals surface area (Å²) in [7, 11) is 0. The Morgan fingerprint density at radius 2 is 2.27 bits per heavy atom. The van der Waals surface area contributed by atoms with Gasteiger partial charge in [0.05, 0.1) is 6.61 Å². The number of hydrogen-bond acceptors (Lipinski definition) is 2. The summed E-state index contributed by atoms with van der Waals surface area (Å²) in [6.45, 7) is 2.48. The van der Waals surface area contributed by atoms with Crippen LogP contribution in [-0.4, -0.2) is 0 Å². The van der Waals surface area contributed by atoms with Crippen LogP contribution in [0.25, 0.3) is 0 Å². The third kappa shape index (κ3) is 2.29. The third-order valence-electron chi connectivity index (χ3n) is 1.45. The first kappa shape index (κ1) is 8.71. The summed E-state index contributed by atoms with van der Waals surface area (Å²) in [6, 6.07) is 6.06. The molecule has 60 valence electrons. The fourth-order valence-electron chi connectivity index (χ4n) is 0.859. The largest absolute Gasteiger partial charge is 0.300 e. The van der Waals surface area contributed by atoms with Crippen LogP contribution in [0.2, 0.25) is 0 Å². The first-order valence-corrected chi connectivity index (χ1v) is 4.10. The lowest BCUT2D eigenvalue weighted by Crippen LogP contribution is -1.99. The number of nitrogens with two attached hydrogens (primary N) is 1. The van der Waals surface area contributed by atoms with Crippen molar-refractivity contribution in [1.82, 2.24) is 0 Å². The van der Waals surface area contributed by atoms with Gasteiger partial charge in [-0.05, 0) is 24.1 Å². The maximum atomic E-state index is 4.95. The van der Waals surface area contributed by atoms with Gasteiger partial charge in [0.25, 0.3) is 0 Å². The summed E-state index contributed by atoms with van der Waals surface area (Å²) in [5.41, 5.74) is 2.29. The highest BCUT2D eigenvalue weighted by molar-refractivity contribution is 9.10. The van der Waals surface area contributed by atoms with Crippen LogP contribution in [-0.2, 0) is 11.4 Å². The van der Waals surface area contributed by atoms with E-state index in [9.17, 15) is 0 Å². The maximum absolute atomic E-state index is 4.95. The molecule has 0 heterocycles. The second kappa shape index (κ2) is 3.85. The molecule has 0 fully saturated rings. The van der Waals surface area contributed by atoms with E-state index >= 15 is 0 Å². The van der Waals surface area contributed by atoms with Gasteiger partial charge >= 0.3 is 0 Å². The zero-order valence-corrected chi connectivity index (χ0v) is 7.89. The topological polar surface area (TPSA) is 35.2 Å².